The number of aromatic nitrogens is 3. The summed E-state index contributed by atoms with van der Waals surface area (Å²) >= 11 is 0. The van der Waals surface area contributed by atoms with Gasteiger partial charge in [0.2, 0.25) is 0 Å². The van der Waals surface area contributed by atoms with Crippen molar-refractivity contribution in [3.8, 4) is 17.2 Å². The van der Waals surface area contributed by atoms with Gasteiger partial charge in [0.15, 0.2) is 11.6 Å². The van der Waals surface area contributed by atoms with E-state index in [1.165, 1.54) is 24.5 Å². The molecule has 0 bridgehead atoms. The lowest BCUT2D eigenvalue weighted by molar-refractivity contribution is -0.111. The molecule has 308 valence electrons. The van der Waals surface area contributed by atoms with Crippen LogP contribution in [-0.2, 0) is 15.9 Å². The minimum Gasteiger partial charge on any atom is -0.490 e. The van der Waals surface area contributed by atoms with Gasteiger partial charge in [-0.2, -0.15) is 0 Å². The van der Waals surface area contributed by atoms with Crippen molar-refractivity contribution in [3.05, 3.63) is 65.6 Å². The first-order valence-electron chi connectivity index (χ1n) is 20.7. The lowest BCUT2D eigenvalue weighted by atomic mass is 9.89. The number of amides is 2. The Bertz CT molecular complexity index is 1880. The molecule has 1 atom stereocenters. The first-order chi connectivity index (χ1) is 27.3. The molecule has 6 heterocycles. The van der Waals surface area contributed by atoms with Crippen LogP contribution in [0.25, 0.3) is 0 Å². The van der Waals surface area contributed by atoms with Gasteiger partial charge in [0.1, 0.15) is 35.3 Å². The summed E-state index contributed by atoms with van der Waals surface area (Å²) < 4.78 is 39.6. The van der Waals surface area contributed by atoms with E-state index in [4.69, 9.17) is 23.9 Å². The van der Waals surface area contributed by atoms with E-state index in [2.05, 4.69) is 19.8 Å². The van der Waals surface area contributed by atoms with Crippen molar-refractivity contribution in [1.29, 1.82) is 0 Å². The minimum absolute atomic E-state index is 0.0547. The van der Waals surface area contributed by atoms with Crippen LogP contribution in [0.1, 0.15) is 108 Å². The van der Waals surface area contributed by atoms with Gasteiger partial charge in [0, 0.05) is 82.9 Å². The van der Waals surface area contributed by atoms with E-state index in [0.29, 0.717) is 57.0 Å². The van der Waals surface area contributed by atoms with Gasteiger partial charge in [0.25, 0.3) is 5.91 Å². The highest BCUT2D eigenvalue weighted by Crippen LogP contribution is 2.42. The molecule has 1 spiro atoms. The number of hydrogen-bond donors (Lipinski definition) is 0. The molecule has 13 nitrogen and oxygen atoms in total. The highest BCUT2D eigenvalue weighted by atomic mass is 19.1. The Morgan fingerprint density at radius 1 is 1.07 bits per heavy atom. The van der Waals surface area contributed by atoms with Crippen molar-refractivity contribution in [2.24, 2.45) is 0 Å². The Hall–Kier alpha value is -4.56. The number of rotatable bonds is 12. The normalized spacial score (nSPS) is 19.7. The molecule has 1 unspecified atom stereocenters. The van der Waals surface area contributed by atoms with Crippen LogP contribution in [0.2, 0.25) is 0 Å². The van der Waals surface area contributed by atoms with Gasteiger partial charge >= 0.3 is 6.09 Å². The van der Waals surface area contributed by atoms with E-state index in [1.807, 2.05) is 58.7 Å². The van der Waals surface area contributed by atoms with Crippen molar-refractivity contribution in [2.45, 2.75) is 116 Å². The maximum atomic E-state index is 14.5. The van der Waals surface area contributed by atoms with Crippen LogP contribution in [0.15, 0.2) is 43.0 Å². The smallest absolute Gasteiger partial charge is 0.410 e. The maximum absolute atomic E-state index is 14.5. The SMILES string of the molecule is CCN(C(=O)c1cc(F)ccc1Oc1cncnc1N1CCC(Oc2ccnc3c2C(CCCN2CC4(CCCO4)C2)N(C(=O)OC(C)(C)C)CC3)CC1)C(C)C. The standard InChI is InChI=1S/C43H58FN7O6/c1-7-50(29(2)3)40(52)32-24-30(44)11-12-35(32)56-37-25-45-28-47-39(37)49-20-14-31(15-21-49)55-36-13-18-46-33-16-22-51(41(53)57-42(4,5)6)34(38(33)36)10-8-19-48-26-43(27-48)17-9-23-54-43/h11-13,18,24-25,28-29,31,34H,7-10,14-17,19-23,26-27H2,1-6H3. The quantitative estimate of drug-likeness (QED) is 0.185. The summed E-state index contributed by atoms with van der Waals surface area (Å²) in [5.41, 5.74) is 1.53. The number of nitrogens with zero attached hydrogens (tertiary/aromatic N) is 7. The number of pyridine rings is 1. The highest BCUT2D eigenvalue weighted by Gasteiger charge is 2.46. The monoisotopic (exact) mass is 787 g/mol. The summed E-state index contributed by atoms with van der Waals surface area (Å²) in [5.74, 6) is 1.14. The fourth-order valence-corrected chi connectivity index (χ4v) is 8.73. The molecule has 7 rings (SSSR count). The van der Waals surface area contributed by atoms with E-state index >= 15 is 0 Å². The number of carbonyl (C=O) groups excluding carboxylic acids is 2. The Morgan fingerprint density at radius 2 is 1.86 bits per heavy atom. The van der Waals surface area contributed by atoms with Crippen LogP contribution in [0.3, 0.4) is 0 Å². The Morgan fingerprint density at radius 3 is 2.56 bits per heavy atom. The largest absolute Gasteiger partial charge is 0.490 e. The van der Waals surface area contributed by atoms with Crippen molar-refractivity contribution in [3.63, 3.8) is 0 Å². The summed E-state index contributed by atoms with van der Waals surface area (Å²) in [6, 6.07) is 5.62. The molecule has 3 fully saturated rings. The van der Waals surface area contributed by atoms with Gasteiger partial charge in [-0.25, -0.2) is 19.2 Å². The molecule has 3 aromatic rings. The minimum atomic E-state index is -0.616. The molecule has 4 aliphatic heterocycles. The van der Waals surface area contributed by atoms with Crippen LogP contribution in [0.5, 0.6) is 17.2 Å². The predicted molar refractivity (Wildman–Crippen MR) is 213 cm³/mol. The van der Waals surface area contributed by atoms with E-state index in [1.54, 1.807) is 11.1 Å². The van der Waals surface area contributed by atoms with Gasteiger partial charge in [-0.1, -0.05) is 0 Å². The van der Waals surface area contributed by atoms with Gasteiger partial charge in [-0.05, 0) is 98.0 Å². The molecule has 0 N–H and O–H groups in total. The van der Waals surface area contributed by atoms with Crippen molar-refractivity contribution < 1.29 is 32.9 Å². The van der Waals surface area contributed by atoms with Crippen molar-refractivity contribution >= 4 is 17.8 Å². The highest BCUT2D eigenvalue weighted by molar-refractivity contribution is 5.97. The van der Waals surface area contributed by atoms with Crippen LogP contribution >= 0.6 is 0 Å². The number of ether oxygens (including phenoxy) is 4. The molecule has 4 aliphatic rings. The Labute approximate surface area is 335 Å². The number of likely N-dealkylation sites (tertiary alicyclic amines) is 1. The van der Waals surface area contributed by atoms with Gasteiger partial charge < -0.3 is 33.6 Å². The summed E-state index contributed by atoms with van der Waals surface area (Å²) in [6.07, 6.45) is 10.5. The third-order valence-electron chi connectivity index (χ3n) is 11.4. The van der Waals surface area contributed by atoms with E-state index < -0.39 is 11.4 Å². The number of benzene rings is 1. The molecule has 0 aliphatic carbocycles. The molecule has 3 saturated heterocycles. The van der Waals surface area contributed by atoms with E-state index in [-0.39, 0.29) is 47.1 Å². The fourth-order valence-electron chi connectivity index (χ4n) is 8.73. The zero-order chi connectivity index (χ0) is 40.3. The first kappa shape index (κ1) is 40.6. The molecular weight excluding hydrogens is 730 g/mol. The molecule has 1 aromatic carbocycles. The van der Waals surface area contributed by atoms with Crippen molar-refractivity contribution in [2.75, 3.05) is 57.3 Å². The number of halogens is 1. The zero-order valence-electron chi connectivity index (χ0n) is 34.3. The molecule has 0 radical (unpaired) electrons. The van der Waals surface area contributed by atoms with E-state index in [9.17, 15) is 14.0 Å². The predicted octanol–water partition coefficient (Wildman–Crippen LogP) is 7.20. The number of fused-ring (bicyclic) bond motifs is 1. The van der Waals surface area contributed by atoms with Gasteiger partial charge in [-0.3, -0.25) is 14.7 Å². The van der Waals surface area contributed by atoms with Gasteiger partial charge in [-0.15, -0.1) is 0 Å². The molecule has 57 heavy (non-hydrogen) atoms. The number of anilines is 1. The van der Waals surface area contributed by atoms with E-state index in [0.717, 1.165) is 68.9 Å². The number of hydrogen-bond acceptors (Lipinski definition) is 11. The third kappa shape index (κ3) is 9.27. The lowest BCUT2D eigenvalue weighted by Crippen LogP contribution is -2.61. The molecule has 14 heteroatoms. The second-order valence-corrected chi connectivity index (χ2v) is 17.0. The van der Waals surface area contributed by atoms with Crippen LogP contribution < -0.4 is 14.4 Å². The Balaban J connectivity index is 1.04. The van der Waals surface area contributed by atoms with Crippen LogP contribution in [0.4, 0.5) is 15.0 Å². The zero-order valence-corrected chi connectivity index (χ0v) is 34.3. The summed E-state index contributed by atoms with van der Waals surface area (Å²) in [5, 5.41) is 0. The summed E-state index contributed by atoms with van der Waals surface area (Å²) in [7, 11) is 0. The van der Waals surface area contributed by atoms with Crippen LogP contribution in [0, 0.1) is 5.82 Å². The van der Waals surface area contributed by atoms with Gasteiger partial charge in [0.05, 0.1) is 29.1 Å². The lowest BCUT2D eigenvalue weighted by Gasteiger charge is -2.47. The molecule has 0 saturated carbocycles. The first-order valence-corrected chi connectivity index (χ1v) is 20.7. The third-order valence-corrected chi connectivity index (χ3v) is 11.4. The summed E-state index contributed by atoms with van der Waals surface area (Å²) in [4.78, 5) is 48.9. The second kappa shape index (κ2) is 17.1. The average molecular weight is 788 g/mol. The maximum Gasteiger partial charge on any atom is 0.410 e. The number of carbonyl (C=O) groups is 2. The van der Waals surface area contributed by atoms with Crippen LogP contribution in [-0.4, -0.2) is 117 Å². The molecule has 2 aromatic heterocycles. The Kier molecular flexibility index (Phi) is 12.2. The second-order valence-electron chi connectivity index (χ2n) is 17.0. The van der Waals surface area contributed by atoms with Crippen molar-refractivity contribution in [1.82, 2.24) is 29.7 Å². The topological polar surface area (TPSA) is 123 Å². The average Bonchev–Trinajstić information content (AvgIpc) is 3.66. The summed E-state index contributed by atoms with van der Waals surface area (Å²) in [6.45, 7) is 17.5. The fraction of sp³-hybridized carbons (Fsp3) is 0.605. The molecule has 2 amide bonds. The number of piperidine rings is 1. The molecular formula is C43H58FN7O6.